The van der Waals surface area contributed by atoms with E-state index in [0.29, 0.717) is 22.2 Å². The number of carbonyl (C=O) groups excluding carboxylic acids is 1. The van der Waals surface area contributed by atoms with Gasteiger partial charge in [0.05, 0.1) is 32.2 Å². The van der Waals surface area contributed by atoms with Gasteiger partial charge in [0.25, 0.3) is 0 Å². The fourth-order valence-corrected chi connectivity index (χ4v) is 4.21. The van der Waals surface area contributed by atoms with E-state index in [1.165, 1.54) is 19.3 Å². The van der Waals surface area contributed by atoms with E-state index >= 15 is 0 Å². The first kappa shape index (κ1) is 20.4. The molecule has 7 heteroatoms. The van der Waals surface area contributed by atoms with Crippen LogP contribution in [0.1, 0.15) is 31.9 Å². The smallest absolute Gasteiger partial charge is 0.362 e. The zero-order valence-electron chi connectivity index (χ0n) is 14.8. The Morgan fingerprint density at radius 3 is 2.25 bits per heavy atom. The average molecular weight is 356 g/mol. The van der Waals surface area contributed by atoms with Gasteiger partial charge in [0.15, 0.2) is 0 Å². The molecule has 0 aromatic heterocycles. The Kier molecular flexibility index (Phi) is 8.19. The molecule has 1 aromatic carbocycles. The van der Waals surface area contributed by atoms with E-state index in [1.54, 1.807) is 39.8 Å². The van der Waals surface area contributed by atoms with Gasteiger partial charge >= 0.3 is 13.6 Å². The van der Waals surface area contributed by atoms with Crippen molar-refractivity contribution in [1.29, 1.82) is 0 Å². The second-order valence-electron chi connectivity index (χ2n) is 4.80. The number of carbonyl (C=O) groups is 1. The van der Waals surface area contributed by atoms with Gasteiger partial charge in [-0.2, -0.15) is 0 Å². The molecule has 0 aliphatic heterocycles. The molecule has 0 unspecified atom stereocenters. The van der Waals surface area contributed by atoms with Gasteiger partial charge in [0.2, 0.25) is 0 Å². The van der Waals surface area contributed by atoms with Gasteiger partial charge in [-0.15, -0.1) is 0 Å². The third kappa shape index (κ3) is 5.20. The molecule has 6 nitrogen and oxygen atoms in total. The molecule has 0 heterocycles. The predicted molar refractivity (Wildman–Crippen MR) is 93.9 cm³/mol. The SMILES string of the molecule is CCOC(=O)/C=C/c1cc(OC)cc(C)c1P(=O)(OCC)OCC. The molecule has 0 N–H and O–H groups in total. The van der Waals surface area contributed by atoms with Gasteiger partial charge in [-0.05, 0) is 57.0 Å². The van der Waals surface area contributed by atoms with Gasteiger partial charge in [-0.3, -0.25) is 4.57 Å². The van der Waals surface area contributed by atoms with Crippen LogP contribution >= 0.6 is 7.60 Å². The molecule has 0 fully saturated rings. The number of hydrogen-bond donors (Lipinski definition) is 0. The minimum Gasteiger partial charge on any atom is -0.497 e. The summed E-state index contributed by atoms with van der Waals surface area (Å²) < 4.78 is 34.2. The Morgan fingerprint density at radius 2 is 1.75 bits per heavy atom. The quantitative estimate of drug-likeness (QED) is 0.383. The predicted octanol–water partition coefficient (Wildman–Crippen LogP) is 3.47. The average Bonchev–Trinajstić information content (AvgIpc) is 2.52. The second-order valence-corrected chi connectivity index (χ2v) is 6.76. The molecule has 0 bridgehead atoms. The molecule has 0 aliphatic carbocycles. The van der Waals surface area contributed by atoms with Crippen molar-refractivity contribution < 1.29 is 27.9 Å². The lowest BCUT2D eigenvalue weighted by Gasteiger charge is -2.21. The van der Waals surface area contributed by atoms with Crippen LogP contribution in [0.2, 0.25) is 0 Å². The third-order valence-corrected chi connectivity index (χ3v) is 5.45. The molecule has 0 aliphatic rings. The number of rotatable bonds is 9. The summed E-state index contributed by atoms with van der Waals surface area (Å²) in [5.74, 6) is 0.103. The highest BCUT2D eigenvalue weighted by Crippen LogP contribution is 2.49. The summed E-state index contributed by atoms with van der Waals surface area (Å²) in [6.45, 7) is 7.78. The van der Waals surface area contributed by atoms with Crippen molar-refractivity contribution in [2.75, 3.05) is 26.9 Å². The van der Waals surface area contributed by atoms with Gasteiger partial charge in [0.1, 0.15) is 5.75 Å². The van der Waals surface area contributed by atoms with E-state index in [1.807, 2.05) is 0 Å². The lowest BCUT2D eigenvalue weighted by atomic mass is 10.1. The van der Waals surface area contributed by atoms with Crippen LogP contribution in [0.4, 0.5) is 0 Å². The van der Waals surface area contributed by atoms with E-state index in [-0.39, 0.29) is 19.8 Å². The van der Waals surface area contributed by atoms with E-state index < -0.39 is 13.6 Å². The van der Waals surface area contributed by atoms with Crippen molar-refractivity contribution in [3.63, 3.8) is 0 Å². The third-order valence-electron chi connectivity index (χ3n) is 3.10. The Labute approximate surface area is 143 Å². The summed E-state index contributed by atoms with van der Waals surface area (Å²) in [4.78, 5) is 11.6. The lowest BCUT2D eigenvalue weighted by molar-refractivity contribution is -0.137. The highest BCUT2D eigenvalue weighted by Gasteiger charge is 2.31. The van der Waals surface area contributed by atoms with Crippen LogP contribution in [0, 0.1) is 6.92 Å². The molecule has 0 saturated carbocycles. The maximum atomic E-state index is 13.2. The number of esters is 1. The van der Waals surface area contributed by atoms with Crippen molar-refractivity contribution in [1.82, 2.24) is 0 Å². The van der Waals surface area contributed by atoms with Gasteiger partial charge in [0, 0.05) is 6.08 Å². The van der Waals surface area contributed by atoms with Gasteiger partial charge < -0.3 is 18.5 Å². The van der Waals surface area contributed by atoms with Crippen LogP contribution in [0.3, 0.4) is 0 Å². The van der Waals surface area contributed by atoms with Crippen molar-refractivity contribution >= 4 is 24.9 Å². The Bertz CT molecular complexity index is 628. The standard InChI is InChI=1S/C17H25O6P/c1-6-21-16(18)10-9-14-12-15(20-5)11-13(4)17(14)24(19,22-7-2)23-8-3/h9-12H,6-8H2,1-5H3/b10-9+. The first-order valence-corrected chi connectivity index (χ1v) is 9.39. The lowest BCUT2D eigenvalue weighted by Crippen LogP contribution is -2.17. The molecule has 1 aromatic rings. The maximum Gasteiger partial charge on any atom is 0.362 e. The highest BCUT2D eigenvalue weighted by molar-refractivity contribution is 7.62. The summed E-state index contributed by atoms with van der Waals surface area (Å²) in [6, 6.07) is 3.43. The van der Waals surface area contributed by atoms with Gasteiger partial charge in [-0.25, -0.2) is 4.79 Å². The maximum absolute atomic E-state index is 13.2. The van der Waals surface area contributed by atoms with Gasteiger partial charge in [-0.1, -0.05) is 0 Å². The van der Waals surface area contributed by atoms with Crippen LogP contribution in [0.25, 0.3) is 6.08 Å². The number of benzene rings is 1. The van der Waals surface area contributed by atoms with E-state index in [0.717, 1.165) is 0 Å². The zero-order chi connectivity index (χ0) is 18.2. The van der Waals surface area contributed by atoms with Crippen LogP contribution < -0.4 is 10.0 Å². The Hall–Kier alpha value is -1.62. The largest absolute Gasteiger partial charge is 0.497 e. The number of methoxy groups -OCH3 is 1. The molecular weight excluding hydrogens is 331 g/mol. The Balaban J connectivity index is 3.46. The van der Waals surface area contributed by atoms with Crippen LogP contribution in [0.5, 0.6) is 5.75 Å². The van der Waals surface area contributed by atoms with Crippen molar-refractivity contribution in [2.45, 2.75) is 27.7 Å². The molecule has 0 saturated heterocycles. The summed E-state index contributed by atoms with van der Waals surface area (Å²) >= 11 is 0. The molecule has 1 rings (SSSR count). The van der Waals surface area contributed by atoms with Crippen LogP contribution in [-0.4, -0.2) is 32.9 Å². The van der Waals surface area contributed by atoms with E-state index in [9.17, 15) is 9.36 Å². The van der Waals surface area contributed by atoms with Crippen LogP contribution in [-0.2, 0) is 23.1 Å². The number of aryl methyl sites for hydroxylation is 1. The topological polar surface area (TPSA) is 71.1 Å². The summed E-state index contributed by atoms with van der Waals surface area (Å²) in [5.41, 5.74) is 1.23. The van der Waals surface area contributed by atoms with Crippen molar-refractivity contribution in [3.8, 4) is 5.75 Å². The first-order chi connectivity index (χ1) is 11.4. The minimum atomic E-state index is -3.51. The molecular formula is C17H25O6P. The zero-order valence-corrected chi connectivity index (χ0v) is 15.7. The van der Waals surface area contributed by atoms with Crippen LogP contribution in [0.15, 0.2) is 18.2 Å². The molecule has 0 spiro atoms. The number of hydrogen-bond acceptors (Lipinski definition) is 6. The highest BCUT2D eigenvalue weighted by atomic mass is 31.2. The van der Waals surface area contributed by atoms with Crippen molar-refractivity contribution in [3.05, 3.63) is 29.3 Å². The molecule has 0 radical (unpaired) electrons. The second kappa shape index (κ2) is 9.62. The first-order valence-electron chi connectivity index (χ1n) is 7.84. The normalized spacial score (nSPS) is 11.7. The Morgan fingerprint density at radius 1 is 1.12 bits per heavy atom. The summed E-state index contributed by atoms with van der Waals surface area (Å²) in [5, 5.41) is 0.424. The summed E-state index contributed by atoms with van der Waals surface area (Å²) in [7, 11) is -1.97. The fourth-order valence-electron chi connectivity index (χ4n) is 2.25. The number of ether oxygens (including phenoxy) is 2. The summed E-state index contributed by atoms with van der Waals surface area (Å²) in [6.07, 6.45) is 2.82. The van der Waals surface area contributed by atoms with E-state index in [2.05, 4.69) is 0 Å². The molecule has 0 amide bonds. The molecule has 134 valence electrons. The van der Waals surface area contributed by atoms with E-state index in [4.69, 9.17) is 18.5 Å². The molecule has 0 atom stereocenters. The minimum absolute atomic E-state index is 0.240. The van der Waals surface area contributed by atoms with Crippen molar-refractivity contribution in [2.24, 2.45) is 0 Å². The molecule has 24 heavy (non-hydrogen) atoms. The fraction of sp³-hybridized carbons (Fsp3) is 0.471. The monoisotopic (exact) mass is 356 g/mol.